The van der Waals surface area contributed by atoms with Crippen LogP contribution in [0.3, 0.4) is 0 Å². The smallest absolute Gasteiger partial charge is 0.339 e. The third-order valence-corrected chi connectivity index (χ3v) is 14.3. The number of hydrogen-bond donors (Lipinski definition) is 4. The van der Waals surface area contributed by atoms with Gasteiger partial charge in [-0.2, -0.15) is 9.35 Å². The lowest BCUT2D eigenvalue weighted by molar-refractivity contribution is -0.380. The number of ether oxygens (including phenoxy) is 1. The Morgan fingerprint density at radius 3 is 2.24 bits per heavy atom. The predicted octanol–water partition coefficient (Wildman–Crippen LogP) is 3.03. The van der Waals surface area contributed by atoms with Gasteiger partial charge in [0.2, 0.25) is 5.91 Å². The van der Waals surface area contributed by atoms with Gasteiger partial charge in [-0.3, -0.25) is 19.3 Å². The summed E-state index contributed by atoms with van der Waals surface area (Å²) in [7, 11) is -4.08. The van der Waals surface area contributed by atoms with E-state index in [1.807, 2.05) is 0 Å². The van der Waals surface area contributed by atoms with Crippen molar-refractivity contribution in [2.24, 2.45) is 10.3 Å². The molecule has 1 aromatic heterocycles. The highest BCUT2D eigenvalue weighted by molar-refractivity contribution is 8.58. The van der Waals surface area contributed by atoms with E-state index < -0.39 is 49.2 Å². The lowest BCUT2D eigenvalue weighted by atomic mass is 9.99. The largest absolute Gasteiger partial charge is 0.478 e. The minimum absolute atomic E-state index is 0.0431. The fourth-order valence-electron chi connectivity index (χ4n) is 4.80. The topological polar surface area (TPSA) is 168 Å². The van der Waals surface area contributed by atoms with Crippen LogP contribution < -0.4 is 5.32 Å². The summed E-state index contributed by atoms with van der Waals surface area (Å²) in [4.78, 5) is 49.3. The lowest BCUT2D eigenvalue weighted by Gasteiger charge is -2.58. The Kier molecular flexibility index (Phi) is 7.01. The number of amides is 1. The second kappa shape index (κ2) is 9.31. The average Bonchev–Trinajstić information content (AvgIpc) is 3.40. The number of carbonyl (C=O) groups is 3. The highest BCUT2D eigenvalue weighted by Crippen LogP contribution is 2.87. The van der Waals surface area contributed by atoms with Crippen molar-refractivity contribution >= 4 is 55.2 Å². The van der Waals surface area contributed by atoms with E-state index in [1.165, 1.54) is 12.1 Å². The summed E-state index contributed by atoms with van der Waals surface area (Å²) in [5.41, 5.74) is -1.06. The molecule has 0 unspecified atom stereocenters. The predicted molar refractivity (Wildman–Crippen MR) is 131 cm³/mol. The number of thiophene rings is 1. The molecule has 2 aliphatic heterocycles. The number of carboxylic acids is 2. The van der Waals surface area contributed by atoms with E-state index in [9.17, 15) is 34.7 Å². The van der Waals surface area contributed by atoms with E-state index in [1.54, 1.807) is 13.8 Å². The number of carbonyl (C=O) groups excluding carboxylic acids is 1. The van der Waals surface area contributed by atoms with Gasteiger partial charge >= 0.3 is 16.9 Å². The summed E-state index contributed by atoms with van der Waals surface area (Å²) in [5.74, 6) is -3.54. The molecular formula is C21H27N3O8S2. The molecule has 1 fully saturated rings. The third kappa shape index (κ3) is 3.73. The number of hydrogen-bond acceptors (Lipinski definition) is 8. The Morgan fingerprint density at radius 1 is 1.21 bits per heavy atom. The van der Waals surface area contributed by atoms with E-state index in [0.717, 1.165) is 11.3 Å². The monoisotopic (exact) mass is 513 g/mol. The molecule has 11 nitrogen and oxygen atoms in total. The summed E-state index contributed by atoms with van der Waals surface area (Å²) in [6, 6.07) is 2.65. The van der Waals surface area contributed by atoms with Crippen molar-refractivity contribution in [3.05, 3.63) is 43.3 Å². The zero-order chi connectivity index (χ0) is 25.3. The van der Waals surface area contributed by atoms with Crippen LogP contribution in [0.15, 0.2) is 32.7 Å². The molecule has 0 atom stereocenters. The van der Waals surface area contributed by atoms with Gasteiger partial charge < -0.3 is 20.3 Å². The molecule has 2 aliphatic rings. The number of thiol groups is 1. The Labute approximate surface area is 199 Å². The molecule has 1 aromatic rings. The first-order valence-corrected chi connectivity index (χ1v) is 14.0. The molecule has 0 spiro atoms. The SMILES string of the molecule is C=N[SH]1(CC)(CC)C(NC(=O)C2CCOCC2)=C(C(=O)O)C(C(=O)O)=C1c1ccc([N+](=O)[O-])s1. The van der Waals surface area contributed by atoms with Crippen molar-refractivity contribution < 1.29 is 34.3 Å². The highest BCUT2D eigenvalue weighted by atomic mass is 32.3. The Balaban J connectivity index is 2.35. The number of rotatable bonds is 9. The molecule has 1 amide bonds. The van der Waals surface area contributed by atoms with Crippen molar-refractivity contribution in [2.75, 3.05) is 24.7 Å². The number of nitrogens with one attached hydrogen (secondary N) is 1. The van der Waals surface area contributed by atoms with Gasteiger partial charge in [0.05, 0.1) is 15.5 Å². The normalized spacial score (nSPS) is 20.9. The molecule has 0 saturated carbocycles. The first kappa shape index (κ1) is 25.6. The maximum atomic E-state index is 13.2. The van der Waals surface area contributed by atoms with E-state index >= 15 is 0 Å². The molecule has 3 N–H and O–H groups in total. The molecule has 0 bridgehead atoms. The molecule has 13 heteroatoms. The van der Waals surface area contributed by atoms with Crippen LogP contribution >= 0.6 is 20.7 Å². The fourth-order valence-corrected chi connectivity index (χ4v) is 11.4. The zero-order valence-corrected chi connectivity index (χ0v) is 20.5. The van der Waals surface area contributed by atoms with E-state index in [2.05, 4.69) is 16.4 Å². The first-order chi connectivity index (χ1) is 16.1. The van der Waals surface area contributed by atoms with Gasteiger partial charge in [-0.15, -0.1) is 0 Å². The highest BCUT2D eigenvalue weighted by Gasteiger charge is 2.56. The van der Waals surface area contributed by atoms with Crippen LogP contribution in [0.5, 0.6) is 0 Å². The number of aliphatic carboxylic acids is 2. The summed E-state index contributed by atoms with van der Waals surface area (Å²) >= 11 is 0.745. The van der Waals surface area contributed by atoms with E-state index in [4.69, 9.17) is 4.74 Å². The molecule has 0 radical (unpaired) electrons. The van der Waals surface area contributed by atoms with Gasteiger partial charge in [-0.25, -0.2) is 9.59 Å². The fraction of sp³-hybridized carbons (Fsp3) is 0.429. The number of nitrogens with zero attached hydrogens (tertiary/aromatic N) is 2. The van der Waals surface area contributed by atoms with Crippen LogP contribution in [0.25, 0.3) is 4.91 Å². The molecule has 186 valence electrons. The van der Waals surface area contributed by atoms with Crippen LogP contribution in [-0.4, -0.2) is 64.4 Å². The summed E-state index contributed by atoms with van der Waals surface area (Å²) in [5, 5.41) is 34.1. The van der Waals surface area contributed by atoms with Gasteiger partial charge in [-0.05, 0) is 37.1 Å². The zero-order valence-electron chi connectivity index (χ0n) is 18.8. The van der Waals surface area contributed by atoms with Crippen LogP contribution in [0, 0.1) is 16.0 Å². The Morgan fingerprint density at radius 2 is 1.79 bits per heavy atom. The average molecular weight is 514 g/mol. The maximum Gasteiger partial charge on any atom is 0.339 e. The molecule has 3 rings (SSSR count). The molecule has 3 heterocycles. The molecule has 0 aromatic carbocycles. The van der Waals surface area contributed by atoms with E-state index in [-0.39, 0.29) is 31.3 Å². The van der Waals surface area contributed by atoms with Crippen LogP contribution in [-0.2, 0) is 19.1 Å². The second-order valence-electron chi connectivity index (χ2n) is 8.05. The van der Waals surface area contributed by atoms with Crippen LogP contribution in [0.4, 0.5) is 5.00 Å². The minimum atomic E-state index is -4.08. The standard InChI is InChI=1S/C21H27N3O8S2/c1-4-34(5-2,22-3)17(13-6-7-14(33-13)24(30)31)15(20(26)27)16(21(28)29)19(34)23-18(25)12-8-10-32-11-9-12/h6-7,12,34H,3-5,8-11H2,1-2H3,(H,23,25)(H,26,27)(H,28,29). The van der Waals surface area contributed by atoms with E-state index in [0.29, 0.717) is 26.1 Å². The van der Waals surface area contributed by atoms with Gasteiger partial charge in [0.15, 0.2) is 0 Å². The van der Waals surface area contributed by atoms with Gasteiger partial charge in [0, 0.05) is 35.0 Å². The Hall–Kier alpha value is -3.03. The van der Waals surface area contributed by atoms with Gasteiger partial charge in [0.1, 0.15) is 5.57 Å². The molecular weight excluding hydrogens is 486 g/mol. The van der Waals surface area contributed by atoms with Crippen molar-refractivity contribution in [2.45, 2.75) is 26.7 Å². The first-order valence-electron chi connectivity index (χ1n) is 10.7. The summed E-state index contributed by atoms with van der Waals surface area (Å²) in [6.45, 7) is 8.01. The maximum absolute atomic E-state index is 13.2. The van der Waals surface area contributed by atoms with Crippen molar-refractivity contribution in [1.29, 1.82) is 0 Å². The van der Waals surface area contributed by atoms with Crippen molar-refractivity contribution in [3.63, 3.8) is 0 Å². The Bertz CT molecular complexity index is 1140. The third-order valence-electron chi connectivity index (χ3n) is 6.75. The molecule has 34 heavy (non-hydrogen) atoms. The number of nitro groups is 1. The molecule has 1 saturated heterocycles. The second-order valence-corrected chi connectivity index (χ2v) is 14.5. The van der Waals surface area contributed by atoms with Crippen LogP contribution in [0.2, 0.25) is 0 Å². The van der Waals surface area contributed by atoms with Crippen LogP contribution in [0.1, 0.15) is 31.6 Å². The molecule has 0 aliphatic carbocycles. The summed E-state index contributed by atoms with van der Waals surface area (Å²) < 4.78 is 9.78. The summed E-state index contributed by atoms with van der Waals surface area (Å²) in [6.07, 6.45) is 0.890. The van der Waals surface area contributed by atoms with Crippen molar-refractivity contribution in [3.8, 4) is 0 Å². The van der Waals surface area contributed by atoms with Gasteiger partial charge in [0.25, 0.3) is 0 Å². The van der Waals surface area contributed by atoms with Crippen molar-refractivity contribution in [1.82, 2.24) is 5.32 Å². The van der Waals surface area contributed by atoms with Gasteiger partial charge in [-0.1, -0.05) is 25.2 Å². The lowest BCUT2D eigenvalue weighted by Crippen LogP contribution is -2.39. The minimum Gasteiger partial charge on any atom is -0.478 e. The number of carboxylic acid groups (broad SMARTS) is 2. The quantitative estimate of drug-likeness (QED) is 0.169.